The van der Waals surface area contributed by atoms with Gasteiger partial charge in [-0.05, 0) is 42.9 Å². The van der Waals surface area contributed by atoms with E-state index < -0.39 is 12.1 Å². The predicted molar refractivity (Wildman–Crippen MR) is 89.2 cm³/mol. The number of hydrogen-bond donors (Lipinski definition) is 2. The van der Waals surface area contributed by atoms with E-state index in [0.29, 0.717) is 25.4 Å². The highest BCUT2D eigenvalue weighted by Gasteiger charge is 2.34. The molecule has 4 amide bonds. The van der Waals surface area contributed by atoms with Crippen LogP contribution in [0.5, 0.6) is 0 Å². The lowest BCUT2D eigenvalue weighted by Crippen LogP contribution is -2.43. The lowest BCUT2D eigenvalue weighted by atomic mass is 9.88. The van der Waals surface area contributed by atoms with Gasteiger partial charge in [-0.2, -0.15) is 0 Å². The van der Waals surface area contributed by atoms with Crippen molar-refractivity contribution in [2.75, 3.05) is 13.1 Å². The fourth-order valence-corrected chi connectivity index (χ4v) is 3.56. The Hall–Kier alpha value is -2.44. The highest BCUT2D eigenvalue weighted by molar-refractivity contribution is 6.04. The standard InChI is InChI=1S/C18H22FN3O3/c1-11(10-15-16(23)21-18(25)20-15)17(24)22-8-6-13(7-9-22)12-2-4-14(19)5-3-12/h2-5,11,13,15H,6-10H2,1H3,(H2,20,21,23,25). The number of likely N-dealkylation sites (tertiary alicyclic amines) is 1. The fraction of sp³-hybridized carbons (Fsp3) is 0.500. The molecular formula is C18H22FN3O3. The van der Waals surface area contributed by atoms with Crippen LogP contribution in [0.15, 0.2) is 24.3 Å². The lowest BCUT2D eigenvalue weighted by Gasteiger charge is -2.34. The maximum absolute atomic E-state index is 13.0. The van der Waals surface area contributed by atoms with Crippen LogP contribution in [0.3, 0.4) is 0 Å². The average Bonchev–Trinajstić information content (AvgIpc) is 2.92. The van der Waals surface area contributed by atoms with E-state index in [1.807, 2.05) is 17.0 Å². The Morgan fingerprint density at radius 3 is 2.44 bits per heavy atom. The van der Waals surface area contributed by atoms with Crippen molar-refractivity contribution in [3.8, 4) is 0 Å². The molecule has 2 heterocycles. The summed E-state index contributed by atoms with van der Waals surface area (Å²) < 4.78 is 13.0. The van der Waals surface area contributed by atoms with Crippen LogP contribution in [0.4, 0.5) is 9.18 Å². The zero-order valence-corrected chi connectivity index (χ0v) is 14.1. The molecule has 1 aromatic carbocycles. The summed E-state index contributed by atoms with van der Waals surface area (Å²) in [5.74, 6) is -0.615. The summed E-state index contributed by atoms with van der Waals surface area (Å²) in [6.45, 7) is 3.08. The van der Waals surface area contributed by atoms with Crippen LogP contribution in [0.25, 0.3) is 0 Å². The van der Waals surface area contributed by atoms with Gasteiger partial charge in [0.15, 0.2) is 0 Å². The van der Waals surface area contributed by atoms with Crippen molar-refractivity contribution in [3.05, 3.63) is 35.6 Å². The Kier molecular flexibility index (Phi) is 5.01. The molecule has 134 valence electrons. The molecule has 6 nitrogen and oxygen atoms in total. The van der Waals surface area contributed by atoms with Gasteiger partial charge in [-0.1, -0.05) is 19.1 Å². The topological polar surface area (TPSA) is 78.5 Å². The van der Waals surface area contributed by atoms with Gasteiger partial charge in [-0.25, -0.2) is 9.18 Å². The summed E-state index contributed by atoms with van der Waals surface area (Å²) in [6.07, 6.45) is 1.98. The maximum Gasteiger partial charge on any atom is 0.322 e. The third-order valence-electron chi connectivity index (χ3n) is 5.02. The Bertz CT molecular complexity index is 669. The lowest BCUT2D eigenvalue weighted by molar-refractivity contribution is -0.136. The summed E-state index contributed by atoms with van der Waals surface area (Å²) in [5.41, 5.74) is 1.10. The molecule has 0 aromatic heterocycles. The van der Waals surface area contributed by atoms with Crippen molar-refractivity contribution in [1.29, 1.82) is 0 Å². The van der Waals surface area contributed by atoms with E-state index in [1.165, 1.54) is 12.1 Å². The molecule has 2 atom stereocenters. The summed E-state index contributed by atoms with van der Waals surface area (Å²) >= 11 is 0. The van der Waals surface area contributed by atoms with Gasteiger partial charge in [0.1, 0.15) is 11.9 Å². The third kappa shape index (κ3) is 3.97. The fourth-order valence-electron chi connectivity index (χ4n) is 3.56. The number of rotatable bonds is 4. The van der Waals surface area contributed by atoms with Crippen LogP contribution in [0.2, 0.25) is 0 Å². The van der Waals surface area contributed by atoms with Crippen molar-refractivity contribution < 1.29 is 18.8 Å². The quantitative estimate of drug-likeness (QED) is 0.815. The second-order valence-electron chi connectivity index (χ2n) is 6.80. The highest BCUT2D eigenvalue weighted by atomic mass is 19.1. The van der Waals surface area contributed by atoms with Crippen LogP contribution in [-0.2, 0) is 9.59 Å². The molecule has 2 N–H and O–H groups in total. The molecule has 0 saturated carbocycles. The number of amides is 4. The molecule has 0 spiro atoms. The Balaban J connectivity index is 1.51. The van der Waals surface area contributed by atoms with Crippen LogP contribution < -0.4 is 10.6 Å². The number of imide groups is 1. The molecule has 7 heteroatoms. The van der Waals surface area contributed by atoms with E-state index in [1.54, 1.807) is 6.92 Å². The number of nitrogens with zero attached hydrogens (tertiary/aromatic N) is 1. The SMILES string of the molecule is CC(CC1NC(=O)NC1=O)C(=O)N1CCC(c2ccc(F)cc2)CC1. The Morgan fingerprint density at radius 1 is 1.24 bits per heavy atom. The van der Waals surface area contributed by atoms with Gasteiger partial charge in [0.25, 0.3) is 5.91 Å². The first kappa shape index (κ1) is 17.4. The molecule has 0 radical (unpaired) electrons. The number of carbonyl (C=O) groups is 3. The maximum atomic E-state index is 13.0. The normalized spacial score (nSPS) is 22.5. The van der Waals surface area contributed by atoms with Gasteiger partial charge in [-0.3, -0.25) is 14.9 Å². The number of benzene rings is 1. The molecule has 2 aliphatic rings. The summed E-state index contributed by atoms with van der Waals surface area (Å²) in [4.78, 5) is 37.2. The first-order valence-corrected chi connectivity index (χ1v) is 8.59. The second kappa shape index (κ2) is 7.21. The predicted octanol–water partition coefficient (Wildman–Crippen LogP) is 1.77. The molecule has 25 heavy (non-hydrogen) atoms. The van der Waals surface area contributed by atoms with E-state index in [0.717, 1.165) is 18.4 Å². The molecule has 0 aliphatic carbocycles. The number of piperidine rings is 1. The zero-order valence-electron chi connectivity index (χ0n) is 14.1. The molecule has 1 aromatic rings. The largest absolute Gasteiger partial charge is 0.342 e. The van der Waals surface area contributed by atoms with Crippen LogP contribution in [0.1, 0.15) is 37.7 Å². The summed E-state index contributed by atoms with van der Waals surface area (Å²) in [5, 5.41) is 4.70. The van der Waals surface area contributed by atoms with Gasteiger partial charge in [-0.15, -0.1) is 0 Å². The summed E-state index contributed by atoms with van der Waals surface area (Å²) in [6, 6.07) is 5.41. The minimum Gasteiger partial charge on any atom is -0.342 e. The van der Waals surface area contributed by atoms with E-state index in [-0.39, 0.29) is 23.5 Å². The summed E-state index contributed by atoms with van der Waals surface area (Å²) in [7, 11) is 0. The van der Waals surface area contributed by atoms with Crippen molar-refractivity contribution in [2.24, 2.45) is 5.92 Å². The minimum absolute atomic E-state index is 0.00602. The molecule has 2 aliphatic heterocycles. The zero-order chi connectivity index (χ0) is 18.0. The van der Waals surface area contributed by atoms with Crippen molar-refractivity contribution >= 4 is 17.8 Å². The van der Waals surface area contributed by atoms with E-state index in [2.05, 4.69) is 10.6 Å². The number of nitrogens with one attached hydrogen (secondary N) is 2. The molecule has 2 saturated heterocycles. The minimum atomic E-state index is -0.636. The van der Waals surface area contributed by atoms with Crippen molar-refractivity contribution in [3.63, 3.8) is 0 Å². The van der Waals surface area contributed by atoms with Crippen molar-refractivity contribution in [2.45, 2.75) is 38.1 Å². The Morgan fingerprint density at radius 2 is 1.88 bits per heavy atom. The monoisotopic (exact) mass is 347 g/mol. The van der Waals surface area contributed by atoms with Gasteiger partial charge in [0.2, 0.25) is 5.91 Å². The second-order valence-corrected chi connectivity index (χ2v) is 6.80. The number of carbonyl (C=O) groups excluding carboxylic acids is 3. The number of halogens is 1. The van der Waals surface area contributed by atoms with Gasteiger partial charge in [0, 0.05) is 19.0 Å². The Labute approximate surface area is 145 Å². The van der Waals surface area contributed by atoms with Gasteiger partial charge in [0.05, 0.1) is 0 Å². The van der Waals surface area contributed by atoms with Crippen LogP contribution >= 0.6 is 0 Å². The van der Waals surface area contributed by atoms with Crippen molar-refractivity contribution in [1.82, 2.24) is 15.5 Å². The number of urea groups is 1. The van der Waals surface area contributed by atoms with E-state index >= 15 is 0 Å². The first-order chi connectivity index (χ1) is 11.9. The average molecular weight is 347 g/mol. The third-order valence-corrected chi connectivity index (χ3v) is 5.02. The van der Waals surface area contributed by atoms with Crippen LogP contribution in [-0.4, -0.2) is 41.9 Å². The smallest absolute Gasteiger partial charge is 0.322 e. The van der Waals surface area contributed by atoms with Gasteiger partial charge < -0.3 is 10.2 Å². The van der Waals surface area contributed by atoms with Gasteiger partial charge >= 0.3 is 6.03 Å². The molecule has 2 fully saturated rings. The molecule has 3 rings (SSSR count). The van der Waals surface area contributed by atoms with E-state index in [9.17, 15) is 18.8 Å². The van der Waals surface area contributed by atoms with E-state index in [4.69, 9.17) is 0 Å². The van der Waals surface area contributed by atoms with Crippen LogP contribution in [0, 0.1) is 11.7 Å². The molecular weight excluding hydrogens is 325 g/mol. The highest BCUT2D eigenvalue weighted by Crippen LogP contribution is 2.29. The molecule has 2 unspecified atom stereocenters. The first-order valence-electron chi connectivity index (χ1n) is 8.59. The number of hydrogen-bond acceptors (Lipinski definition) is 3. The molecule has 0 bridgehead atoms.